The normalized spacial score (nSPS) is 16.1. The van der Waals surface area contributed by atoms with Crippen molar-refractivity contribution in [3.05, 3.63) is 29.6 Å². The quantitative estimate of drug-likeness (QED) is 0.822. The Balaban J connectivity index is 1.85. The van der Waals surface area contributed by atoms with Gasteiger partial charge in [0.25, 0.3) is 0 Å². The monoisotopic (exact) mass is 271 g/mol. The van der Waals surface area contributed by atoms with E-state index in [1.807, 2.05) is 25.1 Å². The van der Waals surface area contributed by atoms with E-state index in [0.717, 1.165) is 29.0 Å². The Morgan fingerprint density at radius 2 is 2.20 bits per heavy atom. The minimum atomic E-state index is 0.130. The number of nitrogens with one attached hydrogen (secondary N) is 2. The molecule has 2 N–H and O–H groups in total. The van der Waals surface area contributed by atoms with Crippen LogP contribution in [0.2, 0.25) is 0 Å². The molecule has 1 aliphatic rings. The van der Waals surface area contributed by atoms with Crippen molar-refractivity contribution in [1.82, 2.24) is 15.3 Å². The molecule has 1 aliphatic carbocycles. The Morgan fingerprint density at radius 1 is 1.40 bits per heavy atom. The fourth-order valence-electron chi connectivity index (χ4n) is 2.94. The average molecular weight is 271 g/mol. The molecule has 0 amide bonds. The fourth-order valence-corrected chi connectivity index (χ4v) is 2.94. The van der Waals surface area contributed by atoms with Crippen molar-refractivity contribution >= 4 is 16.8 Å². The van der Waals surface area contributed by atoms with E-state index in [9.17, 15) is 4.79 Å². The summed E-state index contributed by atoms with van der Waals surface area (Å²) in [6.45, 7) is 3.20. The average Bonchev–Trinajstić information content (AvgIpc) is 3.11. The number of benzene rings is 1. The second-order valence-electron chi connectivity index (χ2n) is 5.54. The maximum atomic E-state index is 12.0. The molecule has 4 nitrogen and oxygen atoms in total. The summed E-state index contributed by atoms with van der Waals surface area (Å²) in [5.74, 6) is 1.79. The molecule has 0 spiro atoms. The Hall–Kier alpha value is -1.68. The smallest absolute Gasteiger partial charge is 0.176 e. The van der Waals surface area contributed by atoms with Crippen LogP contribution in [-0.4, -0.2) is 28.8 Å². The summed E-state index contributed by atoms with van der Waals surface area (Å²) in [5, 5.41) is 3.07. The van der Waals surface area contributed by atoms with Crippen LogP contribution >= 0.6 is 0 Å². The Labute approximate surface area is 119 Å². The molecule has 0 radical (unpaired) electrons. The van der Waals surface area contributed by atoms with Crippen LogP contribution in [0, 0.1) is 0 Å². The van der Waals surface area contributed by atoms with E-state index >= 15 is 0 Å². The summed E-state index contributed by atoms with van der Waals surface area (Å²) >= 11 is 0. The predicted octanol–water partition coefficient (Wildman–Crippen LogP) is 3.01. The van der Waals surface area contributed by atoms with E-state index in [2.05, 4.69) is 15.3 Å². The SMILES string of the molecule is CCNCC(=O)c1ccc2nc(C3CCCC3)[nH]c2c1. The van der Waals surface area contributed by atoms with Gasteiger partial charge in [-0.1, -0.05) is 19.8 Å². The van der Waals surface area contributed by atoms with Gasteiger partial charge < -0.3 is 10.3 Å². The number of fused-ring (bicyclic) bond motifs is 1. The number of H-pyrrole nitrogens is 1. The molecule has 1 fully saturated rings. The number of likely N-dealkylation sites (N-methyl/N-ethyl adjacent to an activating group) is 1. The topological polar surface area (TPSA) is 57.8 Å². The number of ketones is 1. The van der Waals surface area contributed by atoms with Gasteiger partial charge in [0.05, 0.1) is 17.6 Å². The number of aromatic nitrogens is 2. The van der Waals surface area contributed by atoms with Crippen molar-refractivity contribution in [2.24, 2.45) is 0 Å². The highest BCUT2D eigenvalue weighted by molar-refractivity contribution is 6.00. The van der Waals surface area contributed by atoms with Crippen LogP contribution in [0.15, 0.2) is 18.2 Å². The molecule has 0 atom stereocenters. The lowest BCUT2D eigenvalue weighted by Crippen LogP contribution is -2.22. The van der Waals surface area contributed by atoms with Crippen LogP contribution in [0.25, 0.3) is 11.0 Å². The first-order chi connectivity index (χ1) is 9.78. The van der Waals surface area contributed by atoms with E-state index < -0.39 is 0 Å². The van der Waals surface area contributed by atoms with Crippen molar-refractivity contribution in [1.29, 1.82) is 0 Å². The molecule has 1 heterocycles. The van der Waals surface area contributed by atoms with Gasteiger partial charge >= 0.3 is 0 Å². The van der Waals surface area contributed by atoms with Crippen molar-refractivity contribution < 1.29 is 4.79 Å². The summed E-state index contributed by atoms with van der Waals surface area (Å²) in [6, 6.07) is 5.76. The molecule has 1 aromatic heterocycles. The minimum absolute atomic E-state index is 0.130. The number of Topliss-reactive ketones (excluding diaryl/α,β-unsaturated/α-hetero) is 1. The Kier molecular flexibility index (Phi) is 3.83. The zero-order valence-electron chi connectivity index (χ0n) is 11.9. The summed E-state index contributed by atoms with van der Waals surface area (Å²) in [4.78, 5) is 20.1. The van der Waals surface area contributed by atoms with Gasteiger partial charge in [0, 0.05) is 11.5 Å². The van der Waals surface area contributed by atoms with E-state index in [4.69, 9.17) is 0 Å². The number of carbonyl (C=O) groups excluding carboxylic acids is 1. The second kappa shape index (κ2) is 5.75. The number of rotatable bonds is 5. The third kappa shape index (κ3) is 2.61. The lowest BCUT2D eigenvalue weighted by atomic mass is 10.1. The highest BCUT2D eigenvalue weighted by atomic mass is 16.1. The number of hydrogen-bond acceptors (Lipinski definition) is 3. The summed E-state index contributed by atoms with van der Waals surface area (Å²) in [6.07, 6.45) is 5.06. The van der Waals surface area contributed by atoms with Crippen LogP contribution in [0.1, 0.15) is 54.7 Å². The van der Waals surface area contributed by atoms with Crippen molar-refractivity contribution in [2.75, 3.05) is 13.1 Å². The largest absolute Gasteiger partial charge is 0.342 e. The van der Waals surface area contributed by atoms with Crippen molar-refractivity contribution in [3.8, 4) is 0 Å². The molecular weight excluding hydrogens is 250 g/mol. The lowest BCUT2D eigenvalue weighted by Gasteiger charge is -2.02. The number of imidazole rings is 1. The van der Waals surface area contributed by atoms with Crippen LogP contribution in [0.3, 0.4) is 0 Å². The highest BCUT2D eigenvalue weighted by Crippen LogP contribution is 2.33. The van der Waals surface area contributed by atoms with Gasteiger partial charge in [-0.25, -0.2) is 4.98 Å². The van der Waals surface area contributed by atoms with Crippen LogP contribution in [0.4, 0.5) is 0 Å². The van der Waals surface area contributed by atoms with Crippen LogP contribution in [-0.2, 0) is 0 Å². The van der Waals surface area contributed by atoms with Gasteiger partial charge in [0.15, 0.2) is 5.78 Å². The number of aromatic amines is 1. The first kappa shape index (κ1) is 13.3. The number of hydrogen-bond donors (Lipinski definition) is 2. The van der Waals surface area contributed by atoms with Gasteiger partial charge in [0.1, 0.15) is 5.82 Å². The van der Waals surface area contributed by atoms with Gasteiger partial charge in [-0.3, -0.25) is 4.79 Å². The van der Waals surface area contributed by atoms with Gasteiger partial charge in [0.2, 0.25) is 0 Å². The van der Waals surface area contributed by atoms with Crippen molar-refractivity contribution in [3.63, 3.8) is 0 Å². The summed E-state index contributed by atoms with van der Waals surface area (Å²) in [5.41, 5.74) is 2.70. The van der Waals surface area contributed by atoms with Gasteiger partial charge in [-0.05, 0) is 37.6 Å². The molecular formula is C16H21N3O. The van der Waals surface area contributed by atoms with E-state index in [0.29, 0.717) is 12.5 Å². The third-order valence-electron chi connectivity index (χ3n) is 4.10. The maximum absolute atomic E-state index is 12.0. The first-order valence-corrected chi connectivity index (χ1v) is 7.51. The standard InChI is InChI=1S/C16H21N3O/c1-2-17-10-15(20)12-7-8-13-14(9-12)19-16(18-13)11-5-3-4-6-11/h7-9,11,17H,2-6,10H2,1H3,(H,18,19). The maximum Gasteiger partial charge on any atom is 0.176 e. The van der Waals surface area contributed by atoms with E-state index in [1.165, 1.54) is 25.7 Å². The zero-order valence-corrected chi connectivity index (χ0v) is 11.9. The minimum Gasteiger partial charge on any atom is -0.342 e. The lowest BCUT2D eigenvalue weighted by molar-refractivity contribution is 0.0992. The fraction of sp³-hybridized carbons (Fsp3) is 0.500. The van der Waals surface area contributed by atoms with E-state index in [1.54, 1.807) is 0 Å². The second-order valence-corrected chi connectivity index (χ2v) is 5.54. The van der Waals surface area contributed by atoms with E-state index in [-0.39, 0.29) is 5.78 Å². The summed E-state index contributed by atoms with van der Waals surface area (Å²) in [7, 11) is 0. The molecule has 2 aromatic rings. The molecule has 0 bridgehead atoms. The molecule has 4 heteroatoms. The predicted molar refractivity (Wildman–Crippen MR) is 80.2 cm³/mol. The van der Waals surface area contributed by atoms with Gasteiger partial charge in [-0.15, -0.1) is 0 Å². The van der Waals surface area contributed by atoms with Crippen LogP contribution in [0.5, 0.6) is 0 Å². The molecule has 1 aromatic carbocycles. The Morgan fingerprint density at radius 3 is 2.95 bits per heavy atom. The number of carbonyl (C=O) groups is 1. The molecule has 0 unspecified atom stereocenters. The molecule has 106 valence electrons. The van der Waals surface area contributed by atoms with Crippen molar-refractivity contribution in [2.45, 2.75) is 38.5 Å². The Bertz CT molecular complexity index is 611. The molecule has 1 saturated carbocycles. The molecule has 0 aliphatic heterocycles. The zero-order chi connectivity index (χ0) is 13.9. The van der Waals surface area contributed by atoms with Gasteiger partial charge in [-0.2, -0.15) is 0 Å². The molecule has 0 saturated heterocycles. The van der Waals surface area contributed by atoms with Crippen LogP contribution < -0.4 is 5.32 Å². The molecule has 20 heavy (non-hydrogen) atoms. The highest BCUT2D eigenvalue weighted by Gasteiger charge is 2.20. The third-order valence-corrected chi connectivity index (χ3v) is 4.10. The molecule has 3 rings (SSSR count). The first-order valence-electron chi connectivity index (χ1n) is 7.51. The number of nitrogens with zero attached hydrogens (tertiary/aromatic N) is 1. The summed E-state index contributed by atoms with van der Waals surface area (Å²) < 4.78 is 0.